The number of hydrogen-bond donors (Lipinski definition) is 2. The molecule has 0 spiro atoms. The first-order chi connectivity index (χ1) is 18.4. The molecule has 2 heterocycles. The van der Waals surface area contributed by atoms with Gasteiger partial charge in [-0.25, -0.2) is 9.89 Å². The van der Waals surface area contributed by atoms with E-state index >= 15 is 0 Å². The number of rotatable bonds is 11. The van der Waals surface area contributed by atoms with Gasteiger partial charge in [0, 0.05) is 24.2 Å². The van der Waals surface area contributed by atoms with E-state index < -0.39 is 11.3 Å². The second-order valence-electron chi connectivity index (χ2n) is 9.35. The van der Waals surface area contributed by atoms with E-state index in [4.69, 9.17) is 9.98 Å². The van der Waals surface area contributed by atoms with Crippen LogP contribution in [-0.2, 0) is 20.8 Å². The van der Waals surface area contributed by atoms with Gasteiger partial charge in [0.15, 0.2) is 5.17 Å². The number of thioether (sulfide) groups is 1. The van der Waals surface area contributed by atoms with Gasteiger partial charge in [0.2, 0.25) is 11.8 Å². The van der Waals surface area contributed by atoms with Crippen molar-refractivity contribution in [2.24, 2.45) is 9.98 Å². The van der Waals surface area contributed by atoms with Gasteiger partial charge in [-0.2, -0.15) is 0 Å². The van der Waals surface area contributed by atoms with Gasteiger partial charge in [0.1, 0.15) is 11.9 Å². The Labute approximate surface area is 228 Å². The van der Waals surface area contributed by atoms with Crippen LogP contribution in [0.15, 0.2) is 58.5 Å². The van der Waals surface area contributed by atoms with Crippen molar-refractivity contribution in [1.29, 1.82) is 0 Å². The summed E-state index contributed by atoms with van der Waals surface area (Å²) in [6, 6.07) is 14.7. The smallest absolute Gasteiger partial charge is 0.259 e. The molecule has 8 nitrogen and oxygen atoms in total. The van der Waals surface area contributed by atoms with Gasteiger partial charge in [0.25, 0.3) is 5.91 Å². The lowest BCUT2D eigenvalue weighted by Crippen LogP contribution is -2.42. The fourth-order valence-electron chi connectivity index (χ4n) is 4.33. The maximum atomic E-state index is 13.5. The molecule has 4 rings (SSSR count). The molecule has 2 aliphatic heterocycles. The summed E-state index contributed by atoms with van der Waals surface area (Å²) in [5.74, 6) is 0.0980. The number of anilines is 1. The number of unbranched alkanes of at least 4 members (excludes halogenated alkanes) is 1. The van der Waals surface area contributed by atoms with E-state index in [1.54, 1.807) is 0 Å². The normalized spacial score (nSPS) is 16.8. The van der Waals surface area contributed by atoms with Crippen LogP contribution in [0.3, 0.4) is 0 Å². The van der Waals surface area contributed by atoms with E-state index in [0.29, 0.717) is 36.1 Å². The number of carbonyl (C=O) groups excluding carboxylic acids is 3. The number of amides is 3. The maximum absolute atomic E-state index is 13.5. The summed E-state index contributed by atoms with van der Waals surface area (Å²) in [4.78, 5) is 50.0. The molecule has 38 heavy (non-hydrogen) atoms. The number of aliphatic imine (C=N–C) groups is 2. The van der Waals surface area contributed by atoms with E-state index in [1.165, 1.54) is 22.2 Å². The number of nitrogens with zero attached hydrogens (tertiary/aromatic N) is 3. The van der Waals surface area contributed by atoms with Crippen molar-refractivity contribution in [3.63, 3.8) is 0 Å². The van der Waals surface area contributed by atoms with Crippen molar-refractivity contribution in [3.8, 4) is 0 Å². The highest BCUT2D eigenvalue weighted by Crippen LogP contribution is 2.36. The van der Waals surface area contributed by atoms with Gasteiger partial charge in [0.05, 0.1) is 10.9 Å². The molecule has 2 aromatic rings. The first-order valence-corrected chi connectivity index (χ1v) is 14.3. The van der Waals surface area contributed by atoms with Crippen LogP contribution in [0.5, 0.6) is 0 Å². The van der Waals surface area contributed by atoms with Crippen molar-refractivity contribution < 1.29 is 14.4 Å². The van der Waals surface area contributed by atoms with Gasteiger partial charge in [-0.05, 0) is 55.5 Å². The number of carbonyl (C=O) groups is 3. The maximum Gasteiger partial charge on any atom is 0.259 e. The van der Waals surface area contributed by atoms with Gasteiger partial charge in [-0.15, -0.1) is 0 Å². The number of amidine groups is 2. The Balaban J connectivity index is 1.50. The number of nitrogens with one attached hydrogen (secondary N) is 2. The molecule has 2 aliphatic rings. The Bertz CT molecular complexity index is 1240. The van der Waals surface area contributed by atoms with Crippen LogP contribution in [0, 0.1) is 0 Å². The lowest BCUT2D eigenvalue weighted by molar-refractivity contribution is -0.125. The molecule has 9 heteroatoms. The first kappa shape index (κ1) is 27.6. The lowest BCUT2D eigenvalue weighted by atomic mass is 10.1. The zero-order chi connectivity index (χ0) is 27.1. The lowest BCUT2D eigenvalue weighted by Gasteiger charge is -2.27. The molecular formula is C29H35N5O3S. The zero-order valence-electron chi connectivity index (χ0n) is 22.2. The van der Waals surface area contributed by atoms with Crippen molar-refractivity contribution in [3.05, 3.63) is 59.7 Å². The van der Waals surface area contributed by atoms with Crippen molar-refractivity contribution in [2.75, 3.05) is 11.9 Å². The molecule has 0 aliphatic carbocycles. The zero-order valence-corrected chi connectivity index (χ0v) is 23.0. The molecule has 0 unspecified atom stereocenters. The fourth-order valence-corrected chi connectivity index (χ4v) is 5.35. The molecule has 2 aromatic carbocycles. The number of fused-ring (bicyclic) bond motifs is 3. The molecule has 2 atom stereocenters. The third kappa shape index (κ3) is 6.32. The Morgan fingerprint density at radius 2 is 1.84 bits per heavy atom. The highest BCUT2D eigenvalue weighted by molar-refractivity contribution is 8.15. The number of aryl methyl sites for hydroxylation is 1. The fraction of sp³-hybridized carbons (Fsp3) is 0.414. The van der Waals surface area contributed by atoms with E-state index in [1.807, 2.05) is 55.5 Å². The van der Waals surface area contributed by atoms with E-state index in [0.717, 1.165) is 30.5 Å². The largest absolute Gasteiger partial charge is 0.356 e. The third-order valence-corrected chi connectivity index (χ3v) is 7.90. The summed E-state index contributed by atoms with van der Waals surface area (Å²) in [5.41, 5.74) is 3.42. The molecule has 3 amide bonds. The summed E-state index contributed by atoms with van der Waals surface area (Å²) < 4.78 is 0. The van der Waals surface area contributed by atoms with Crippen LogP contribution in [0.1, 0.15) is 64.0 Å². The topological polar surface area (TPSA) is 103 Å². The van der Waals surface area contributed by atoms with Gasteiger partial charge in [-0.1, -0.05) is 63.2 Å². The Morgan fingerprint density at radius 1 is 1.08 bits per heavy atom. The summed E-state index contributed by atoms with van der Waals surface area (Å²) in [6.45, 7) is 6.74. The molecule has 2 N–H and O–H groups in total. The average molecular weight is 534 g/mol. The molecule has 200 valence electrons. The molecule has 0 bridgehead atoms. The predicted octanol–water partition coefficient (Wildman–Crippen LogP) is 5.05. The van der Waals surface area contributed by atoms with Crippen LogP contribution >= 0.6 is 11.8 Å². The molecule has 0 fully saturated rings. The van der Waals surface area contributed by atoms with E-state index in [-0.39, 0.29) is 24.1 Å². The average Bonchev–Trinajstić information content (AvgIpc) is 3.27. The quantitative estimate of drug-likeness (QED) is 0.394. The Kier molecular flexibility index (Phi) is 9.33. The molecule has 0 saturated heterocycles. The predicted molar refractivity (Wildman–Crippen MR) is 154 cm³/mol. The molecule has 0 saturated carbocycles. The van der Waals surface area contributed by atoms with E-state index in [2.05, 4.69) is 24.5 Å². The second kappa shape index (κ2) is 12.9. The molecular weight excluding hydrogens is 498 g/mol. The molecule has 0 radical (unpaired) electrons. The van der Waals surface area contributed by atoms with Crippen molar-refractivity contribution in [2.45, 2.75) is 70.6 Å². The van der Waals surface area contributed by atoms with Crippen LogP contribution in [0.25, 0.3) is 0 Å². The van der Waals surface area contributed by atoms with Crippen LogP contribution < -0.4 is 10.6 Å². The highest BCUT2D eigenvalue weighted by atomic mass is 32.2. The van der Waals surface area contributed by atoms with Crippen molar-refractivity contribution in [1.82, 2.24) is 10.2 Å². The Morgan fingerprint density at radius 3 is 2.55 bits per heavy atom. The minimum Gasteiger partial charge on any atom is -0.356 e. The minimum absolute atomic E-state index is 0.0744. The summed E-state index contributed by atoms with van der Waals surface area (Å²) in [5, 5.41) is 5.87. The van der Waals surface area contributed by atoms with Crippen LogP contribution in [0.2, 0.25) is 0 Å². The highest BCUT2D eigenvalue weighted by Gasteiger charge is 2.42. The number of para-hydroxylation sites is 1. The Hall–Kier alpha value is -3.46. The van der Waals surface area contributed by atoms with Gasteiger partial charge < -0.3 is 10.6 Å². The first-order valence-electron chi connectivity index (χ1n) is 13.4. The standard InChI is InChI=1S/C29H35N5O3S/c1-4-7-18-30-25(35)17-16-23-28(37)34-26(32-23)21-10-8-9-11-22(21)33-29(34)38-24(6-3)27(36)31-20-14-12-19(5-2)13-15-20/h8-15,23-24H,4-7,16-18H2,1-3H3,(H,30,35)(H,31,36)/t23-,24-/m0/s1. The summed E-state index contributed by atoms with van der Waals surface area (Å²) in [7, 11) is 0. The van der Waals surface area contributed by atoms with Crippen LogP contribution in [0.4, 0.5) is 11.4 Å². The summed E-state index contributed by atoms with van der Waals surface area (Å²) in [6.07, 6.45) is 3.96. The number of benzene rings is 2. The van der Waals surface area contributed by atoms with Gasteiger partial charge in [-0.3, -0.25) is 19.4 Å². The third-order valence-electron chi connectivity index (χ3n) is 6.59. The molecule has 0 aromatic heterocycles. The van der Waals surface area contributed by atoms with Gasteiger partial charge >= 0.3 is 0 Å². The number of hydrogen-bond acceptors (Lipinski definition) is 6. The van der Waals surface area contributed by atoms with Crippen molar-refractivity contribution >= 4 is 51.9 Å². The second-order valence-corrected chi connectivity index (χ2v) is 10.5. The SMILES string of the molecule is CCCCNC(=O)CC[C@@H]1N=C2c3ccccc3N=C(S[C@@H](CC)C(=O)Nc3ccc(CC)cc3)N2C1=O. The summed E-state index contributed by atoms with van der Waals surface area (Å²) >= 11 is 1.27. The van der Waals surface area contributed by atoms with Crippen LogP contribution in [-0.4, -0.2) is 51.5 Å². The monoisotopic (exact) mass is 533 g/mol. The minimum atomic E-state index is -0.662. The van der Waals surface area contributed by atoms with E-state index in [9.17, 15) is 14.4 Å².